The minimum atomic E-state index is -5.08. The van der Waals surface area contributed by atoms with Crippen molar-refractivity contribution in [3.8, 4) is 5.75 Å². The molecule has 2 heterocycles. The van der Waals surface area contributed by atoms with Gasteiger partial charge in [0, 0.05) is 18.8 Å². The Morgan fingerprint density at radius 1 is 1.26 bits per heavy atom. The highest BCUT2D eigenvalue weighted by Gasteiger charge is 2.38. The standard InChI is InChI=1S/C21H27ClN2O3.C2HF3O2/c1-15(2)7-10-24-11-8-17(9-12-24)27-19-6-5-16(14-18(19)22)23-21(25)20-4-3-13-26-20;3-2(4,5)1(6)7/h3-6,13-15,17H,7-12H2,1-2H3,(H,23,25);(H,6,7). The Kier molecular flexibility index (Phi) is 10.2. The van der Waals surface area contributed by atoms with Crippen LogP contribution in [0.25, 0.3) is 0 Å². The number of aliphatic carboxylic acids is 1. The number of carbonyl (C=O) groups is 2. The molecule has 0 aliphatic carbocycles. The number of carbonyl (C=O) groups excluding carboxylic acids is 1. The van der Waals surface area contributed by atoms with Gasteiger partial charge in [-0.1, -0.05) is 25.4 Å². The number of amides is 1. The van der Waals surface area contributed by atoms with Crippen LogP contribution in [0.4, 0.5) is 18.9 Å². The van der Waals surface area contributed by atoms with Crippen LogP contribution in [0.2, 0.25) is 5.02 Å². The Labute approximate surface area is 200 Å². The van der Waals surface area contributed by atoms with Crippen LogP contribution >= 0.6 is 11.6 Å². The third-order valence-corrected chi connectivity index (χ3v) is 5.32. The van der Waals surface area contributed by atoms with Crippen LogP contribution in [-0.4, -0.2) is 53.8 Å². The summed E-state index contributed by atoms with van der Waals surface area (Å²) in [6.45, 7) is 7.81. The van der Waals surface area contributed by atoms with Crippen LogP contribution in [-0.2, 0) is 4.79 Å². The molecule has 11 heteroatoms. The molecule has 1 amide bonds. The van der Waals surface area contributed by atoms with Crippen molar-refractivity contribution in [2.75, 3.05) is 25.0 Å². The first-order chi connectivity index (χ1) is 16.0. The minimum Gasteiger partial charge on any atom is -0.489 e. The van der Waals surface area contributed by atoms with Gasteiger partial charge >= 0.3 is 12.1 Å². The summed E-state index contributed by atoms with van der Waals surface area (Å²) in [6, 6.07) is 8.59. The maximum Gasteiger partial charge on any atom is 0.490 e. The number of benzene rings is 1. The molecule has 2 aromatic rings. The number of hydrogen-bond acceptors (Lipinski definition) is 5. The van der Waals surface area contributed by atoms with E-state index >= 15 is 0 Å². The van der Waals surface area contributed by atoms with E-state index in [1.807, 2.05) is 6.07 Å². The number of carboxylic acid groups (broad SMARTS) is 1. The molecule has 2 N–H and O–H groups in total. The van der Waals surface area contributed by atoms with Crippen molar-refractivity contribution in [3.63, 3.8) is 0 Å². The van der Waals surface area contributed by atoms with Gasteiger partial charge in [0.1, 0.15) is 11.9 Å². The van der Waals surface area contributed by atoms with E-state index in [4.69, 9.17) is 30.7 Å². The molecule has 1 saturated heterocycles. The van der Waals surface area contributed by atoms with Crippen LogP contribution in [0.5, 0.6) is 5.75 Å². The minimum absolute atomic E-state index is 0.182. The SMILES string of the molecule is CC(C)CCN1CCC(Oc2ccc(NC(=O)c3ccco3)cc2Cl)CC1.O=C(O)C(F)(F)F. The number of piperidine rings is 1. The van der Waals surface area contributed by atoms with E-state index in [0.717, 1.165) is 38.4 Å². The zero-order valence-corrected chi connectivity index (χ0v) is 19.7. The molecule has 0 spiro atoms. The quantitative estimate of drug-likeness (QED) is 0.502. The molecule has 188 valence electrons. The summed E-state index contributed by atoms with van der Waals surface area (Å²) in [7, 11) is 0. The summed E-state index contributed by atoms with van der Waals surface area (Å²) in [4.78, 5) is 23.4. The third kappa shape index (κ3) is 9.26. The highest BCUT2D eigenvalue weighted by atomic mass is 35.5. The van der Waals surface area contributed by atoms with Crippen LogP contribution in [0.15, 0.2) is 41.0 Å². The number of alkyl halides is 3. The van der Waals surface area contributed by atoms with E-state index in [9.17, 15) is 18.0 Å². The molecule has 0 saturated carbocycles. The fourth-order valence-electron chi connectivity index (χ4n) is 3.15. The maximum atomic E-state index is 12.0. The van der Waals surface area contributed by atoms with E-state index < -0.39 is 12.1 Å². The fourth-order valence-corrected chi connectivity index (χ4v) is 3.37. The second kappa shape index (κ2) is 12.7. The van der Waals surface area contributed by atoms with E-state index in [1.165, 1.54) is 12.7 Å². The number of halogens is 4. The predicted octanol–water partition coefficient (Wildman–Crippen LogP) is 5.71. The molecule has 0 atom stereocenters. The lowest BCUT2D eigenvalue weighted by atomic mass is 10.1. The van der Waals surface area contributed by atoms with E-state index in [0.29, 0.717) is 16.5 Å². The summed E-state index contributed by atoms with van der Waals surface area (Å²) in [5.74, 6) is -1.40. The first-order valence-electron chi connectivity index (χ1n) is 10.8. The van der Waals surface area contributed by atoms with E-state index in [1.54, 1.807) is 24.3 Å². The molecule has 1 aromatic carbocycles. The lowest BCUT2D eigenvalue weighted by Gasteiger charge is -2.32. The van der Waals surface area contributed by atoms with Gasteiger partial charge in [-0.25, -0.2) is 4.79 Å². The van der Waals surface area contributed by atoms with Gasteiger partial charge < -0.3 is 24.5 Å². The van der Waals surface area contributed by atoms with Gasteiger partial charge in [-0.05, 0) is 62.1 Å². The number of nitrogens with one attached hydrogen (secondary N) is 1. The van der Waals surface area contributed by atoms with Gasteiger partial charge in [-0.3, -0.25) is 4.79 Å². The molecule has 1 aliphatic heterocycles. The normalized spacial score (nSPS) is 14.9. The maximum absolute atomic E-state index is 12.0. The smallest absolute Gasteiger partial charge is 0.489 e. The molecule has 0 radical (unpaired) electrons. The predicted molar refractivity (Wildman–Crippen MR) is 121 cm³/mol. The zero-order valence-electron chi connectivity index (χ0n) is 18.9. The van der Waals surface area contributed by atoms with E-state index in [-0.39, 0.29) is 17.8 Å². The fraction of sp³-hybridized carbons (Fsp3) is 0.478. The molecule has 1 aliphatic rings. The van der Waals surface area contributed by atoms with Gasteiger partial charge in [0.05, 0.1) is 11.3 Å². The number of ether oxygens (including phenoxy) is 1. The summed E-state index contributed by atoms with van der Waals surface area (Å²) >= 11 is 6.36. The number of rotatable bonds is 7. The largest absolute Gasteiger partial charge is 0.490 e. The third-order valence-electron chi connectivity index (χ3n) is 5.03. The average molecular weight is 505 g/mol. The summed E-state index contributed by atoms with van der Waals surface area (Å²) in [5.41, 5.74) is 0.609. The van der Waals surface area contributed by atoms with Gasteiger partial charge in [-0.2, -0.15) is 13.2 Å². The number of carboxylic acids is 1. The van der Waals surface area contributed by atoms with Crippen LogP contribution < -0.4 is 10.1 Å². The molecular formula is C23H28ClF3N2O5. The lowest BCUT2D eigenvalue weighted by molar-refractivity contribution is -0.192. The second-order valence-electron chi connectivity index (χ2n) is 8.22. The van der Waals surface area contributed by atoms with Crippen LogP contribution in [0.3, 0.4) is 0 Å². The van der Waals surface area contributed by atoms with Crippen LogP contribution in [0.1, 0.15) is 43.7 Å². The van der Waals surface area contributed by atoms with Gasteiger partial charge in [0.15, 0.2) is 5.76 Å². The van der Waals surface area contributed by atoms with Gasteiger partial charge in [-0.15, -0.1) is 0 Å². The highest BCUT2D eigenvalue weighted by Crippen LogP contribution is 2.30. The molecule has 7 nitrogen and oxygen atoms in total. The molecular weight excluding hydrogens is 477 g/mol. The molecule has 3 rings (SSSR count). The van der Waals surface area contributed by atoms with Crippen molar-refractivity contribution in [2.24, 2.45) is 5.92 Å². The Bertz CT molecular complexity index is 927. The molecule has 34 heavy (non-hydrogen) atoms. The molecule has 1 fully saturated rings. The lowest BCUT2D eigenvalue weighted by Crippen LogP contribution is -2.39. The Hall–Kier alpha value is -2.72. The van der Waals surface area contributed by atoms with Crippen molar-refractivity contribution in [3.05, 3.63) is 47.4 Å². The van der Waals surface area contributed by atoms with E-state index in [2.05, 4.69) is 24.1 Å². The summed E-state index contributed by atoms with van der Waals surface area (Å²) in [6.07, 6.45) is -0.187. The van der Waals surface area contributed by atoms with Crippen molar-refractivity contribution in [2.45, 2.75) is 45.4 Å². The highest BCUT2D eigenvalue weighted by molar-refractivity contribution is 6.32. The van der Waals surface area contributed by atoms with Crippen molar-refractivity contribution in [1.82, 2.24) is 4.90 Å². The summed E-state index contributed by atoms with van der Waals surface area (Å²) in [5, 5.41) is 10.4. The van der Waals surface area contributed by atoms with Gasteiger partial charge in [0.2, 0.25) is 0 Å². The molecule has 0 unspecified atom stereocenters. The second-order valence-corrected chi connectivity index (χ2v) is 8.63. The van der Waals surface area contributed by atoms with Gasteiger partial charge in [0.25, 0.3) is 5.91 Å². The number of likely N-dealkylation sites (tertiary alicyclic amines) is 1. The summed E-state index contributed by atoms with van der Waals surface area (Å²) < 4.78 is 42.9. The van der Waals surface area contributed by atoms with Crippen LogP contribution in [0, 0.1) is 5.92 Å². The topological polar surface area (TPSA) is 92.0 Å². The number of nitrogens with zero attached hydrogens (tertiary/aromatic N) is 1. The Balaban J connectivity index is 0.000000509. The molecule has 0 bridgehead atoms. The zero-order chi connectivity index (χ0) is 25.3. The first-order valence-corrected chi connectivity index (χ1v) is 11.2. The number of hydrogen-bond donors (Lipinski definition) is 2. The van der Waals surface area contributed by atoms with Crippen molar-refractivity contribution in [1.29, 1.82) is 0 Å². The van der Waals surface area contributed by atoms with Crippen molar-refractivity contribution < 1.29 is 37.0 Å². The first kappa shape index (κ1) is 27.5. The van der Waals surface area contributed by atoms with Crippen molar-refractivity contribution >= 4 is 29.2 Å². The molecule has 1 aromatic heterocycles. The number of anilines is 1. The number of furan rings is 1. The Morgan fingerprint density at radius 3 is 2.41 bits per heavy atom. The Morgan fingerprint density at radius 2 is 1.91 bits per heavy atom. The average Bonchev–Trinajstić information content (AvgIpc) is 3.30. The monoisotopic (exact) mass is 504 g/mol.